The van der Waals surface area contributed by atoms with Crippen molar-refractivity contribution in [3.8, 4) is 0 Å². The number of anilines is 1. The summed E-state index contributed by atoms with van der Waals surface area (Å²) in [6.45, 7) is 20.9. The molecule has 0 heterocycles. The van der Waals surface area contributed by atoms with Crippen LogP contribution in [0.5, 0.6) is 0 Å². The van der Waals surface area contributed by atoms with Gasteiger partial charge in [0.05, 0.1) is 0 Å². The minimum atomic E-state index is 0.765. The molecule has 1 aromatic rings. The lowest BCUT2D eigenvalue weighted by Crippen LogP contribution is -2.20. The highest BCUT2D eigenvalue weighted by atomic mass is 15.2. The highest BCUT2D eigenvalue weighted by Crippen LogP contribution is 2.31. The van der Waals surface area contributed by atoms with Crippen molar-refractivity contribution in [3.63, 3.8) is 0 Å². The van der Waals surface area contributed by atoms with E-state index in [2.05, 4.69) is 82.2 Å². The predicted octanol–water partition coefficient (Wildman–Crippen LogP) is 8.11. The van der Waals surface area contributed by atoms with Crippen molar-refractivity contribution in [2.45, 2.75) is 67.2 Å². The molecule has 0 unspecified atom stereocenters. The second-order valence-electron chi connectivity index (χ2n) is 7.77. The van der Waals surface area contributed by atoms with Gasteiger partial charge in [0, 0.05) is 28.4 Å². The minimum Gasteiger partial charge on any atom is -0.398 e. The quantitative estimate of drug-likeness (QED) is 0.502. The Hall–Kier alpha value is -2.74. The second kappa shape index (κ2) is 12.7. The van der Waals surface area contributed by atoms with Gasteiger partial charge in [0.2, 0.25) is 0 Å². The highest BCUT2D eigenvalue weighted by molar-refractivity contribution is 5.62. The largest absolute Gasteiger partial charge is 0.398 e. The predicted molar refractivity (Wildman–Crippen MR) is 135 cm³/mol. The van der Waals surface area contributed by atoms with Crippen LogP contribution in [0.15, 0.2) is 95.5 Å². The molecule has 1 aliphatic rings. The number of benzene rings is 1. The molecule has 2 nitrogen and oxygen atoms in total. The van der Waals surface area contributed by atoms with E-state index >= 15 is 0 Å². The molecule has 0 atom stereocenters. The maximum Gasteiger partial charge on any atom is 0.0483 e. The lowest BCUT2D eigenvalue weighted by Gasteiger charge is -2.29. The van der Waals surface area contributed by atoms with E-state index in [4.69, 9.17) is 5.73 Å². The fraction of sp³-hybridized carbons (Fsp3) is 0.357. The Morgan fingerprint density at radius 1 is 1.00 bits per heavy atom. The highest BCUT2D eigenvalue weighted by Gasteiger charge is 2.16. The van der Waals surface area contributed by atoms with Crippen molar-refractivity contribution in [3.05, 3.63) is 101 Å². The van der Waals surface area contributed by atoms with Crippen molar-refractivity contribution in [1.29, 1.82) is 0 Å². The fourth-order valence-electron chi connectivity index (χ4n) is 3.41. The van der Waals surface area contributed by atoms with E-state index in [1.807, 2.05) is 26.0 Å². The van der Waals surface area contributed by atoms with Crippen LogP contribution in [0, 0.1) is 6.92 Å². The van der Waals surface area contributed by atoms with Crippen LogP contribution in [0.1, 0.15) is 65.9 Å². The lowest BCUT2D eigenvalue weighted by molar-refractivity contribution is 0.720. The summed E-state index contributed by atoms with van der Waals surface area (Å²) in [6, 6.07) is 8.45. The van der Waals surface area contributed by atoms with Gasteiger partial charge in [-0.25, -0.2) is 0 Å². The van der Waals surface area contributed by atoms with Gasteiger partial charge in [0.1, 0.15) is 0 Å². The number of allylic oxidation sites excluding steroid dienone is 8. The number of para-hydroxylation sites is 1. The van der Waals surface area contributed by atoms with E-state index in [9.17, 15) is 0 Å². The Morgan fingerprint density at radius 2 is 1.63 bits per heavy atom. The van der Waals surface area contributed by atoms with Gasteiger partial charge in [-0.3, -0.25) is 0 Å². The van der Waals surface area contributed by atoms with E-state index in [0.29, 0.717) is 0 Å². The second-order valence-corrected chi connectivity index (χ2v) is 7.77. The molecule has 0 saturated carbocycles. The van der Waals surface area contributed by atoms with E-state index in [1.54, 1.807) is 0 Å². The normalized spacial score (nSPS) is 18.2. The number of nitrogens with two attached hydrogens (primary N) is 1. The molecule has 0 amide bonds. The van der Waals surface area contributed by atoms with Gasteiger partial charge >= 0.3 is 0 Å². The molecule has 0 spiro atoms. The average Bonchev–Trinajstić information content (AvgIpc) is 2.80. The van der Waals surface area contributed by atoms with Gasteiger partial charge in [-0.15, -0.1) is 0 Å². The maximum atomic E-state index is 6.40. The van der Waals surface area contributed by atoms with Crippen molar-refractivity contribution in [1.82, 2.24) is 0 Å². The number of rotatable bonds is 5. The molecule has 0 fully saturated rings. The third-order valence-corrected chi connectivity index (χ3v) is 4.92. The zero-order chi connectivity index (χ0) is 22.7. The van der Waals surface area contributed by atoms with Crippen molar-refractivity contribution >= 4 is 5.69 Å². The smallest absolute Gasteiger partial charge is 0.0483 e. The van der Waals surface area contributed by atoms with Crippen LogP contribution >= 0.6 is 0 Å². The molecule has 162 valence electrons. The van der Waals surface area contributed by atoms with E-state index < -0.39 is 0 Å². The molecular weight excluding hydrogens is 364 g/mol. The molecule has 2 heteroatoms. The van der Waals surface area contributed by atoms with Crippen LogP contribution in [0.3, 0.4) is 0 Å². The first kappa shape index (κ1) is 25.3. The monoisotopic (exact) mass is 404 g/mol. The number of hydrogen-bond acceptors (Lipinski definition) is 2. The molecule has 1 aliphatic carbocycles. The third-order valence-electron chi connectivity index (χ3n) is 4.92. The van der Waals surface area contributed by atoms with E-state index in [0.717, 1.165) is 48.2 Å². The molecule has 0 bridgehead atoms. The molecule has 1 aromatic carbocycles. The van der Waals surface area contributed by atoms with E-state index in [-0.39, 0.29) is 0 Å². The summed E-state index contributed by atoms with van der Waals surface area (Å²) in [4.78, 5) is 2.27. The van der Waals surface area contributed by atoms with Gasteiger partial charge < -0.3 is 10.6 Å². The molecule has 0 aliphatic heterocycles. The van der Waals surface area contributed by atoms with Crippen LogP contribution < -0.4 is 10.6 Å². The first-order valence-corrected chi connectivity index (χ1v) is 11.0. The lowest BCUT2D eigenvalue weighted by atomic mass is 9.99. The Morgan fingerprint density at radius 3 is 2.23 bits per heavy atom. The Kier molecular flexibility index (Phi) is 10.7. The number of aryl methyl sites for hydroxylation is 1. The summed E-state index contributed by atoms with van der Waals surface area (Å²) >= 11 is 0. The van der Waals surface area contributed by atoms with Crippen LogP contribution in [0.2, 0.25) is 0 Å². The first-order valence-electron chi connectivity index (χ1n) is 11.0. The summed E-state index contributed by atoms with van der Waals surface area (Å²) in [5, 5.41) is 0. The zero-order valence-electron chi connectivity index (χ0n) is 19.9. The Bertz CT molecular complexity index is 858. The maximum absolute atomic E-state index is 6.40. The van der Waals surface area contributed by atoms with Gasteiger partial charge in [-0.1, -0.05) is 62.9 Å². The minimum absolute atomic E-state index is 0.765. The van der Waals surface area contributed by atoms with Crippen molar-refractivity contribution in [2.75, 3.05) is 4.90 Å². The topological polar surface area (TPSA) is 29.3 Å². The Balaban J connectivity index is 0.00000218. The number of nitrogens with zero attached hydrogens (tertiary/aromatic N) is 1. The van der Waals surface area contributed by atoms with Gasteiger partial charge in [-0.2, -0.15) is 0 Å². The van der Waals surface area contributed by atoms with Crippen LogP contribution in [0.25, 0.3) is 0 Å². The molecule has 2 N–H and O–H groups in total. The van der Waals surface area contributed by atoms with E-state index in [1.165, 1.54) is 22.5 Å². The van der Waals surface area contributed by atoms with Gasteiger partial charge in [0.25, 0.3) is 0 Å². The summed E-state index contributed by atoms with van der Waals surface area (Å²) in [5.41, 5.74) is 15.2. The summed E-state index contributed by atoms with van der Waals surface area (Å²) in [6.07, 6.45) is 12.5. The molecule has 0 aromatic heterocycles. The average molecular weight is 405 g/mol. The molecule has 0 saturated heterocycles. The van der Waals surface area contributed by atoms with Crippen LogP contribution in [0.4, 0.5) is 5.69 Å². The first-order chi connectivity index (χ1) is 14.3. The van der Waals surface area contributed by atoms with Crippen LogP contribution in [-0.4, -0.2) is 0 Å². The number of hydrogen-bond donors (Lipinski definition) is 1. The zero-order valence-corrected chi connectivity index (χ0v) is 19.9. The third kappa shape index (κ3) is 7.26. The molecule has 2 rings (SSSR count). The summed E-state index contributed by atoms with van der Waals surface area (Å²) < 4.78 is 0. The van der Waals surface area contributed by atoms with Crippen molar-refractivity contribution < 1.29 is 0 Å². The SMILES string of the molecule is C=C1CCCC\C(N(C(=C)C)c2ccccc2C)=C/C=C1/C(N)=C/C=C(C)C.CC. The Labute approximate surface area is 184 Å². The summed E-state index contributed by atoms with van der Waals surface area (Å²) in [5.74, 6) is 0. The van der Waals surface area contributed by atoms with Gasteiger partial charge in [-0.05, 0) is 82.7 Å². The molecule has 30 heavy (non-hydrogen) atoms. The molecular formula is C28H40N2. The standard InChI is InChI=1S/C26H34N2.C2H6/c1-19(2)15-18-25(27)24-17-16-23(13-9-7-11-21(24)5)28(20(3)4)26-14-10-8-12-22(26)6;1-2/h8,10,12,14-18H,3,5,7,9,11,13,27H2,1-2,4,6H3;1-2H3/b23-16+,24-17+,25-18-;. The van der Waals surface area contributed by atoms with Gasteiger partial charge in [0.15, 0.2) is 0 Å². The van der Waals surface area contributed by atoms with Crippen LogP contribution in [-0.2, 0) is 0 Å². The molecule has 0 radical (unpaired) electrons. The fourth-order valence-corrected chi connectivity index (χ4v) is 3.41. The van der Waals surface area contributed by atoms with Crippen molar-refractivity contribution in [2.24, 2.45) is 5.73 Å². The summed E-state index contributed by atoms with van der Waals surface area (Å²) in [7, 11) is 0.